The van der Waals surface area contributed by atoms with Gasteiger partial charge < -0.3 is 0 Å². The van der Waals surface area contributed by atoms with Gasteiger partial charge in [-0.15, -0.1) is 11.6 Å². The van der Waals surface area contributed by atoms with Gasteiger partial charge in [-0.05, 0) is 11.1 Å². The van der Waals surface area contributed by atoms with Crippen LogP contribution >= 0.6 is 11.6 Å². The van der Waals surface area contributed by atoms with E-state index >= 15 is 0 Å². The average molecular weight is 165 g/mol. The van der Waals surface area contributed by atoms with Crippen LogP contribution in [-0.4, -0.2) is 12.8 Å². The van der Waals surface area contributed by atoms with Gasteiger partial charge in [-0.2, -0.15) is 0 Å². The van der Waals surface area contributed by atoms with Crippen molar-refractivity contribution in [2.24, 2.45) is 0 Å². The third-order valence-corrected chi connectivity index (χ3v) is 1.80. The summed E-state index contributed by atoms with van der Waals surface area (Å²) in [5.74, 6) is 0.527. The van der Waals surface area contributed by atoms with Crippen molar-refractivity contribution >= 4 is 19.4 Å². The lowest BCUT2D eigenvalue weighted by Gasteiger charge is -2.04. The number of halogens is 1. The monoisotopic (exact) mass is 165 g/mol. The highest BCUT2D eigenvalue weighted by atomic mass is 35.5. The van der Waals surface area contributed by atoms with Crippen LogP contribution in [0.2, 0.25) is 0 Å². The van der Waals surface area contributed by atoms with E-state index in [-0.39, 0.29) is 5.82 Å². The van der Waals surface area contributed by atoms with E-state index in [1.807, 2.05) is 13.0 Å². The summed E-state index contributed by atoms with van der Waals surface area (Å²) in [4.78, 5) is 4.01. The van der Waals surface area contributed by atoms with E-state index in [4.69, 9.17) is 19.4 Å². The van der Waals surface area contributed by atoms with Crippen molar-refractivity contribution in [1.29, 1.82) is 0 Å². The van der Waals surface area contributed by atoms with Crippen LogP contribution in [0.15, 0.2) is 18.5 Å². The van der Waals surface area contributed by atoms with E-state index in [1.165, 1.54) is 0 Å². The van der Waals surface area contributed by atoms with Gasteiger partial charge in [0.2, 0.25) is 0 Å². The highest BCUT2D eigenvalue weighted by molar-refractivity contribution is 6.17. The smallest absolute Gasteiger partial charge is 0.0760 e. The molecule has 56 valence electrons. The second-order valence-corrected chi connectivity index (χ2v) is 2.82. The van der Waals surface area contributed by atoms with E-state index < -0.39 is 0 Å². The zero-order valence-electron chi connectivity index (χ0n) is 6.42. The first-order valence-corrected chi connectivity index (χ1v) is 4.03. The SMILES string of the molecule is [B]C(C)c1cncc(CCl)c1. The molecule has 1 aromatic heterocycles. The second kappa shape index (κ2) is 3.77. The molecule has 0 aliphatic carbocycles. The first-order valence-electron chi connectivity index (χ1n) is 3.49. The van der Waals surface area contributed by atoms with Crippen LogP contribution in [0.5, 0.6) is 0 Å². The van der Waals surface area contributed by atoms with Crippen molar-refractivity contribution in [3.63, 3.8) is 0 Å². The lowest BCUT2D eigenvalue weighted by atomic mass is 9.83. The molecule has 0 aliphatic heterocycles. The summed E-state index contributed by atoms with van der Waals surface area (Å²) in [7, 11) is 5.65. The summed E-state index contributed by atoms with van der Waals surface area (Å²) < 4.78 is 0. The van der Waals surface area contributed by atoms with E-state index in [0.717, 1.165) is 11.1 Å². The molecular weight excluding hydrogens is 156 g/mol. The Kier molecular flexibility index (Phi) is 2.95. The molecule has 0 amide bonds. The number of hydrogen-bond donors (Lipinski definition) is 0. The number of pyridine rings is 1. The average Bonchev–Trinajstić information content (AvgIpc) is 2.05. The van der Waals surface area contributed by atoms with E-state index in [2.05, 4.69) is 4.98 Å². The van der Waals surface area contributed by atoms with Gasteiger partial charge in [-0.1, -0.05) is 18.8 Å². The fraction of sp³-hybridized carbons (Fsp3) is 0.375. The predicted octanol–water partition coefficient (Wildman–Crippen LogP) is 2.05. The molecule has 0 aliphatic rings. The van der Waals surface area contributed by atoms with Gasteiger partial charge in [-0.3, -0.25) is 4.98 Å². The maximum atomic E-state index is 5.65. The molecule has 0 saturated heterocycles. The molecule has 0 bridgehead atoms. The molecule has 0 spiro atoms. The molecule has 1 rings (SSSR count). The Morgan fingerprint density at radius 3 is 2.91 bits per heavy atom. The first-order chi connectivity index (χ1) is 5.24. The minimum Gasteiger partial charge on any atom is -0.264 e. The molecule has 0 saturated carbocycles. The summed E-state index contributed by atoms with van der Waals surface area (Å²) in [6.07, 6.45) is 3.51. The van der Waals surface area contributed by atoms with Crippen molar-refractivity contribution in [1.82, 2.24) is 4.98 Å². The van der Waals surface area contributed by atoms with Gasteiger partial charge in [0.05, 0.1) is 7.85 Å². The normalized spacial score (nSPS) is 12.9. The Morgan fingerprint density at radius 2 is 2.36 bits per heavy atom. The van der Waals surface area contributed by atoms with Crippen LogP contribution in [0.1, 0.15) is 23.9 Å². The van der Waals surface area contributed by atoms with E-state index in [9.17, 15) is 0 Å². The number of alkyl halides is 1. The second-order valence-electron chi connectivity index (χ2n) is 2.55. The van der Waals surface area contributed by atoms with Crippen molar-refractivity contribution in [2.45, 2.75) is 18.6 Å². The Hall–Kier alpha value is -0.495. The standard InChI is InChI=1S/C8H9BClN/c1-6(9)8-2-7(3-10)4-11-5-8/h2,4-6H,3H2,1H3. The lowest BCUT2D eigenvalue weighted by molar-refractivity contribution is 1.04. The van der Waals surface area contributed by atoms with Gasteiger partial charge in [0.25, 0.3) is 0 Å². The molecule has 0 N–H and O–H groups in total. The quantitative estimate of drug-likeness (QED) is 0.483. The van der Waals surface area contributed by atoms with Crippen molar-refractivity contribution < 1.29 is 0 Å². The van der Waals surface area contributed by atoms with E-state index in [0.29, 0.717) is 5.88 Å². The van der Waals surface area contributed by atoms with Crippen LogP contribution in [0.25, 0.3) is 0 Å². The summed E-state index contributed by atoms with van der Waals surface area (Å²) in [6, 6.07) is 1.98. The van der Waals surface area contributed by atoms with Crippen molar-refractivity contribution in [3.05, 3.63) is 29.6 Å². The van der Waals surface area contributed by atoms with Crippen molar-refractivity contribution in [2.75, 3.05) is 0 Å². The number of hydrogen-bond acceptors (Lipinski definition) is 1. The Bertz CT molecular complexity index is 237. The van der Waals surface area contributed by atoms with Crippen LogP contribution in [0.4, 0.5) is 0 Å². The van der Waals surface area contributed by atoms with Gasteiger partial charge in [-0.25, -0.2) is 0 Å². The number of aromatic nitrogens is 1. The highest BCUT2D eigenvalue weighted by Gasteiger charge is 1.99. The van der Waals surface area contributed by atoms with Crippen LogP contribution in [-0.2, 0) is 5.88 Å². The minimum atomic E-state index is 0.0330. The van der Waals surface area contributed by atoms with Gasteiger partial charge in [0, 0.05) is 18.3 Å². The Morgan fingerprint density at radius 1 is 1.64 bits per heavy atom. The number of nitrogens with zero attached hydrogens (tertiary/aromatic N) is 1. The zero-order valence-corrected chi connectivity index (χ0v) is 7.17. The Balaban J connectivity index is 2.91. The molecule has 1 unspecified atom stereocenters. The maximum Gasteiger partial charge on any atom is 0.0760 e. The molecule has 0 aromatic carbocycles. The maximum absolute atomic E-state index is 5.65. The van der Waals surface area contributed by atoms with E-state index in [1.54, 1.807) is 12.4 Å². The van der Waals surface area contributed by atoms with Gasteiger partial charge in [0.1, 0.15) is 0 Å². The molecule has 1 nitrogen and oxygen atoms in total. The molecule has 1 heterocycles. The fourth-order valence-corrected chi connectivity index (χ4v) is 0.976. The van der Waals surface area contributed by atoms with Crippen molar-refractivity contribution in [3.8, 4) is 0 Å². The van der Waals surface area contributed by atoms with Crippen LogP contribution < -0.4 is 0 Å². The summed E-state index contributed by atoms with van der Waals surface area (Å²) in [6.45, 7) is 1.93. The zero-order chi connectivity index (χ0) is 8.27. The molecule has 3 heteroatoms. The highest BCUT2D eigenvalue weighted by Crippen LogP contribution is 2.12. The summed E-state index contributed by atoms with van der Waals surface area (Å²) in [5, 5.41) is 0. The molecule has 1 aromatic rings. The molecule has 1 atom stereocenters. The molecule has 2 radical (unpaired) electrons. The van der Waals surface area contributed by atoms with Gasteiger partial charge in [0.15, 0.2) is 0 Å². The predicted molar refractivity (Wildman–Crippen MR) is 48.0 cm³/mol. The summed E-state index contributed by atoms with van der Waals surface area (Å²) >= 11 is 5.62. The lowest BCUT2D eigenvalue weighted by Crippen LogP contribution is -1.94. The largest absolute Gasteiger partial charge is 0.264 e. The third-order valence-electron chi connectivity index (χ3n) is 1.50. The third kappa shape index (κ3) is 2.23. The molecular formula is C8H9BClN. The first kappa shape index (κ1) is 8.60. The number of rotatable bonds is 2. The fourth-order valence-electron chi connectivity index (χ4n) is 0.830. The summed E-state index contributed by atoms with van der Waals surface area (Å²) in [5.41, 5.74) is 2.05. The minimum absolute atomic E-state index is 0.0330. The Labute approximate surface area is 73.2 Å². The topological polar surface area (TPSA) is 12.9 Å². The molecule has 11 heavy (non-hydrogen) atoms. The molecule has 0 fully saturated rings. The van der Waals surface area contributed by atoms with Crippen LogP contribution in [0, 0.1) is 0 Å². The van der Waals surface area contributed by atoms with Gasteiger partial charge >= 0.3 is 0 Å². The van der Waals surface area contributed by atoms with Crippen LogP contribution in [0.3, 0.4) is 0 Å².